The van der Waals surface area contributed by atoms with Gasteiger partial charge < -0.3 is 41.8 Å². The van der Waals surface area contributed by atoms with Gasteiger partial charge in [0.15, 0.2) is 22.2 Å². The standard InChI is InChI=1S/C112H62N10O4.2Ir/c123-109-95-33-13-17-37-100(95)114-104-65-73(50-55-119(104)109)85-23-3-9-29-91(85)79-59-77(60-80(63-79)92-30-10-4-24-86(92)74-51-56-120-105(66-74)115-101-38-18-14-34-96(101)110(120)124)89-27-7-1-21-83(89)69-41-45-71(46-42-69)99-49-54-113-108(118-99)72-47-43-70(44-48-72)84-22-2-8-28-90(84)78-61-81(93-31-11-5-25-87(93)75-52-57-121-106(67-75)116-102-39-19-15-35-97(102)111(121)125)64-82(62-78)94-32-12-6-26-88(94)76-53-58-122-107(68-76)117-103-40-20-16-36-98(103)112(122)126;;/h1-45,47,49-54,59-68H;;/q-6;2*+3. The fourth-order valence-electron chi connectivity index (χ4n) is 17.6. The molecule has 0 unspecified atom stereocenters. The van der Waals surface area contributed by atoms with Crippen molar-refractivity contribution in [3.05, 3.63) is 455 Å². The Hall–Kier alpha value is -16.1. The molecule has 23 rings (SSSR count). The third kappa shape index (κ3) is 14.1. The van der Waals surface area contributed by atoms with E-state index in [2.05, 4.69) is 189 Å². The van der Waals surface area contributed by atoms with Gasteiger partial charge in [-0.25, -0.2) is 0 Å². The molecule has 0 amide bonds. The van der Waals surface area contributed by atoms with Crippen LogP contribution < -0.4 is 22.2 Å². The molecule has 0 fully saturated rings. The average molecular weight is 2000 g/mol. The van der Waals surface area contributed by atoms with E-state index in [9.17, 15) is 19.2 Å². The molecule has 602 valence electrons. The molecule has 0 aliphatic rings. The SMILES string of the molecule is O=c1c2ccccc2nc2cc(-c3ccccc3-c3cc(-c4ccccc4-c4c[c-]c(-c5ccnc(-c6[c-]cc(-c7ccccc7-c7cc(-c8ccccc8-c8c[c-]n9c(=O)c%10ccccc%10nc9c8)cc(-c8ccccc8-c8c[c-]n9c(=O)c%10ccccc%10nc9c8)c7)cc6)n5)cc4)cc(-c4ccccc4-c4c[c-]n5c(=O)c6ccccc6nc5c4)c3)c[c-]n12.[Ir+3].[Ir+3]. The zero-order valence-electron chi connectivity index (χ0n) is 67.6. The van der Waals surface area contributed by atoms with Crippen LogP contribution in [0.25, 0.3) is 222 Å². The Morgan fingerprint density at radius 1 is 0.211 bits per heavy atom. The predicted octanol–water partition coefficient (Wildman–Crippen LogP) is 23.3. The number of rotatable bonds is 14. The maximum Gasteiger partial charge on any atom is 3.00 e. The summed E-state index contributed by atoms with van der Waals surface area (Å²) >= 11 is 0. The number of aromatic nitrogens is 10. The van der Waals surface area contributed by atoms with Gasteiger partial charge in [-0.1, -0.05) is 340 Å². The summed E-state index contributed by atoms with van der Waals surface area (Å²) in [5.41, 5.74) is 28.2. The minimum absolute atomic E-state index is 0. The van der Waals surface area contributed by atoms with Crippen molar-refractivity contribution in [1.82, 2.24) is 47.5 Å². The van der Waals surface area contributed by atoms with Crippen molar-refractivity contribution in [3.8, 4) is 156 Å². The molecular formula is C112H62Ir2N10O4. The van der Waals surface area contributed by atoms with E-state index in [-0.39, 0.29) is 62.4 Å². The summed E-state index contributed by atoms with van der Waals surface area (Å²) in [4.78, 5) is 85.1. The van der Waals surface area contributed by atoms with Crippen molar-refractivity contribution in [2.75, 3.05) is 0 Å². The Balaban J connectivity index is 0.00000498. The molecule has 0 N–H and O–H groups in total. The molecule has 0 bridgehead atoms. The third-order valence-corrected chi connectivity index (χ3v) is 23.7. The molecule has 0 aliphatic heterocycles. The summed E-state index contributed by atoms with van der Waals surface area (Å²) in [5, 5.41) is 2.09. The van der Waals surface area contributed by atoms with Gasteiger partial charge >= 0.3 is 40.2 Å². The first-order valence-electron chi connectivity index (χ1n) is 41.2. The Bertz CT molecular complexity index is 7860. The number of hydrogen-bond acceptors (Lipinski definition) is 10. The molecule has 9 heterocycles. The molecule has 16 heteroatoms. The van der Waals surface area contributed by atoms with E-state index >= 15 is 0 Å². The molecule has 0 radical (unpaired) electrons. The number of para-hydroxylation sites is 4. The molecule has 0 saturated heterocycles. The number of benzene rings is 14. The zero-order valence-corrected chi connectivity index (χ0v) is 72.4. The summed E-state index contributed by atoms with van der Waals surface area (Å²) in [6.07, 6.45) is 14.8. The van der Waals surface area contributed by atoms with Crippen molar-refractivity contribution in [1.29, 1.82) is 0 Å². The van der Waals surface area contributed by atoms with Crippen molar-refractivity contribution in [3.63, 3.8) is 0 Å². The van der Waals surface area contributed by atoms with Crippen molar-refractivity contribution >= 4 is 66.2 Å². The maximum absolute atomic E-state index is 13.8. The quantitative estimate of drug-likeness (QED) is 0.0756. The molecule has 9 aromatic heterocycles. The van der Waals surface area contributed by atoms with E-state index < -0.39 is 0 Å². The molecule has 0 aliphatic carbocycles. The van der Waals surface area contributed by atoms with Crippen LogP contribution in [-0.2, 0) is 40.2 Å². The minimum atomic E-state index is -0.186. The number of hydrogen-bond donors (Lipinski definition) is 0. The maximum atomic E-state index is 13.8. The van der Waals surface area contributed by atoms with E-state index in [1.165, 1.54) is 17.6 Å². The fourth-order valence-corrected chi connectivity index (χ4v) is 17.6. The van der Waals surface area contributed by atoms with E-state index in [0.29, 0.717) is 83.3 Å². The van der Waals surface area contributed by atoms with E-state index in [1.54, 1.807) is 30.5 Å². The molecule has 14 aromatic carbocycles. The number of nitrogens with zero attached hydrogens (tertiary/aromatic N) is 10. The second kappa shape index (κ2) is 32.9. The van der Waals surface area contributed by atoms with Gasteiger partial charge in [-0.2, -0.15) is 0 Å². The molecule has 128 heavy (non-hydrogen) atoms. The minimum Gasteiger partial charge on any atom is -0.389 e. The van der Waals surface area contributed by atoms with Crippen LogP contribution in [-0.4, -0.2) is 47.5 Å². The Morgan fingerprint density at radius 3 is 0.703 bits per heavy atom. The number of pyridine rings is 4. The summed E-state index contributed by atoms with van der Waals surface area (Å²) in [6.45, 7) is 0. The topological polar surface area (TPSA) is 163 Å². The second-order valence-electron chi connectivity index (χ2n) is 31.1. The third-order valence-electron chi connectivity index (χ3n) is 23.7. The molecular weight excluding hydrogens is 1930 g/mol. The van der Waals surface area contributed by atoms with Gasteiger partial charge in [0, 0.05) is 50.3 Å². The first kappa shape index (κ1) is 79.1. The second-order valence-corrected chi connectivity index (χ2v) is 31.1. The summed E-state index contributed by atoms with van der Waals surface area (Å²) in [7, 11) is 0. The van der Waals surface area contributed by atoms with Crippen LogP contribution in [0.3, 0.4) is 0 Å². The average Bonchev–Trinajstić information content (AvgIpc) is 0.755. The summed E-state index contributed by atoms with van der Waals surface area (Å²) in [6, 6.07) is 130. The molecule has 0 atom stereocenters. The molecule has 0 saturated carbocycles. The first-order chi connectivity index (χ1) is 62.1. The Kier molecular flexibility index (Phi) is 20.3. The summed E-state index contributed by atoms with van der Waals surface area (Å²) in [5.74, 6) is 0.503. The first-order valence-corrected chi connectivity index (χ1v) is 41.2. The van der Waals surface area contributed by atoms with Gasteiger partial charge in [-0.3, -0.25) is 24.9 Å². The van der Waals surface area contributed by atoms with Crippen LogP contribution in [0, 0.1) is 36.9 Å². The van der Waals surface area contributed by atoms with Gasteiger partial charge in [-0.15, -0.1) is 83.9 Å². The van der Waals surface area contributed by atoms with Crippen LogP contribution in [0.4, 0.5) is 0 Å². The monoisotopic (exact) mass is 2000 g/mol. The molecule has 23 aromatic rings. The number of fused-ring (bicyclic) bond motifs is 8. The van der Waals surface area contributed by atoms with Crippen LogP contribution in [0.2, 0.25) is 0 Å². The van der Waals surface area contributed by atoms with Crippen LogP contribution >= 0.6 is 0 Å². The van der Waals surface area contributed by atoms with Gasteiger partial charge in [0.2, 0.25) is 0 Å². The van der Waals surface area contributed by atoms with Gasteiger partial charge in [0.25, 0.3) is 0 Å². The van der Waals surface area contributed by atoms with Gasteiger partial charge in [0.1, 0.15) is 0 Å². The summed E-state index contributed by atoms with van der Waals surface area (Å²) < 4.78 is 5.92. The van der Waals surface area contributed by atoms with Crippen molar-refractivity contribution in [2.45, 2.75) is 0 Å². The molecule has 0 spiro atoms. The Morgan fingerprint density at radius 2 is 0.445 bits per heavy atom. The smallest absolute Gasteiger partial charge is 0.389 e. The normalized spacial score (nSPS) is 11.4. The van der Waals surface area contributed by atoms with Gasteiger partial charge in [-0.05, 0) is 133 Å². The van der Waals surface area contributed by atoms with Crippen LogP contribution in [0.15, 0.2) is 395 Å². The largest absolute Gasteiger partial charge is 3.00 e. The van der Waals surface area contributed by atoms with E-state index in [0.717, 1.165) is 139 Å². The predicted molar refractivity (Wildman–Crippen MR) is 501 cm³/mol. The zero-order chi connectivity index (χ0) is 84.0. The van der Waals surface area contributed by atoms with Crippen LogP contribution in [0.1, 0.15) is 0 Å². The fraction of sp³-hybridized carbons (Fsp3) is 0. The van der Waals surface area contributed by atoms with Crippen LogP contribution in [0.5, 0.6) is 0 Å². The van der Waals surface area contributed by atoms with Gasteiger partial charge in [0.05, 0.1) is 27.9 Å². The van der Waals surface area contributed by atoms with E-state index in [4.69, 9.17) is 29.9 Å². The molecule has 14 nitrogen and oxygen atoms in total. The van der Waals surface area contributed by atoms with Crippen molar-refractivity contribution in [2.24, 2.45) is 0 Å². The van der Waals surface area contributed by atoms with Crippen molar-refractivity contribution < 1.29 is 40.2 Å². The van der Waals surface area contributed by atoms with E-state index in [1.807, 2.05) is 194 Å². The Labute approximate surface area is 758 Å².